The van der Waals surface area contributed by atoms with Gasteiger partial charge in [0.2, 0.25) is 0 Å². The maximum Gasteiger partial charge on any atom is 0.338 e. The van der Waals surface area contributed by atoms with Crippen LogP contribution in [-0.4, -0.2) is 38.0 Å². The molecule has 0 spiro atoms. The monoisotopic (exact) mass is 311 g/mol. The van der Waals surface area contributed by atoms with E-state index in [1.165, 1.54) is 0 Å². The van der Waals surface area contributed by atoms with Crippen molar-refractivity contribution in [3.63, 3.8) is 0 Å². The maximum absolute atomic E-state index is 11.7. The van der Waals surface area contributed by atoms with Crippen LogP contribution in [0.1, 0.15) is 37.0 Å². The lowest BCUT2D eigenvalue weighted by molar-refractivity contribution is 0.0378. The number of rotatable bonds is 4. The Labute approximate surface area is 125 Å². The highest BCUT2D eigenvalue weighted by atomic mass is 32.2. The minimum absolute atomic E-state index is 0.139. The summed E-state index contributed by atoms with van der Waals surface area (Å²) in [5.41, 5.74) is 1.40. The zero-order valence-electron chi connectivity index (χ0n) is 12.3. The van der Waals surface area contributed by atoms with Gasteiger partial charge in [0.1, 0.15) is 9.84 Å². The largest absolute Gasteiger partial charge is 0.459 e. The van der Waals surface area contributed by atoms with Crippen molar-refractivity contribution in [3.05, 3.63) is 29.8 Å². The Hall–Kier alpha value is -1.56. The minimum atomic E-state index is -2.84. The second-order valence-corrected chi connectivity index (χ2v) is 7.91. The van der Waals surface area contributed by atoms with Crippen molar-refractivity contribution in [2.45, 2.75) is 38.8 Å². The zero-order valence-corrected chi connectivity index (χ0v) is 13.2. The third-order valence-corrected chi connectivity index (χ3v) is 5.10. The highest BCUT2D eigenvalue weighted by molar-refractivity contribution is 7.91. The molecule has 21 heavy (non-hydrogen) atoms. The molecule has 0 amide bonds. The smallest absolute Gasteiger partial charge is 0.338 e. The zero-order chi connectivity index (χ0) is 15.5. The first kappa shape index (κ1) is 15.8. The molecule has 1 N–H and O–H groups in total. The molecular weight excluding hydrogens is 290 g/mol. The number of anilines is 1. The number of hydrogen-bond acceptors (Lipinski definition) is 5. The molecule has 0 unspecified atom stereocenters. The van der Waals surface area contributed by atoms with Crippen molar-refractivity contribution < 1.29 is 17.9 Å². The molecule has 1 aliphatic rings. The van der Waals surface area contributed by atoms with E-state index >= 15 is 0 Å². The number of carbonyl (C=O) groups excluding carboxylic acids is 1. The molecule has 1 aromatic rings. The first-order valence-electron chi connectivity index (χ1n) is 7.14. The first-order valence-corrected chi connectivity index (χ1v) is 8.96. The lowest BCUT2D eigenvalue weighted by Crippen LogP contribution is -2.32. The molecule has 2 rings (SSSR count). The van der Waals surface area contributed by atoms with Crippen molar-refractivity contribution >= 4 is 21.5 Å². The van der Waals surface area contributed by atoms with Gasteiger partial charge in [0, 0.05) is 11.7 Å². The van der Waals surface area contributed by atoms with Gasteiger partial charge >= 0.3 is 5.97 Å². The second kappa shape index (κ2) is 6.47. The number of carbonyl (C=O) groups is 1. The molecule has 1 aromatic carbocycles. The molecule has 1 fully saturated rings. The van der Waals surface area contributed by atoms with Crippen molar-refractivity contribution in [3.8, 4) is 0 Å². The Kier molecular flexibility index (Phi) is 4.88. The van der Waals surface area contributed by atoms with Crippen LogP contribution >= 0.6 is 0 Å². The Bertz CT molecular complexity index is 579. The third-order valence-electron chi connectivity index (χ3n) is 3.39. The van der Waals surface area contributed by atoms with E-state index in [1.54, 1.807) is 12.1 Å². The topological polar surface area (TPSA) is 72.5 Å². The quantitative estimate of drug-likeness (QED) is 0.863. The van der Waals surface area contributed by atoms with Crippen LogP contribution in [0.25, 0.3) is 0 Å². The van der Waals surface area contributed by atoms with Gasteiger partial charge in [-0.3, -0.25) is 0 Å². The molecule has 0 atom stereocenters. The summed E-state index contributed by atoms with van der Waals surface area (Å²) in [4.78, 5) is 11.7. The van der Waals surface area contributed by atoms with Crippen molar-refractivity contribution in [2.24, 2.45) is 0 Å². The van der Waals surface area contributed by atoms with E-state index < -0.39 is 9.84 Å². The van der Waals surface area contributed by atoms with Gasteiger partial charge in [-0.05, 0) is 51.0 Å². The molecule has 1 heterocycles. The summed E-state index contributed by atoms with van der Waals surface area (Å²) in [7, 11) is -2.84. The molecule has 5 nitrogen and oxygen atoms in total. The van der Waals surface area contributed by atoms with Gasteiger partial charge < -0.3 is 10.1 Å². The Morgan fingerprint density at radius 2 is 1.76 bits per heavy atom. The third kappa shape index (κ3) is 4.74. The van der Waals surface area contributed by atoms with Gasteiger partial charge in [-0.1, -0.05) is 0 Å². The van der Waals surface area contributed by atoms with Crippen LogP contribution < -0.4 is 5.32 Å². The average Bonchev–Trinajstić information content (AvgIpc) is 2.41. The SMILES string of the molecule is CC(C)OC(=O)c1ccc(NC2CCS(=O)(=O)CC2)cc1. The highest BCUT2D eigenvalue weighted by Gasteiger charge is 2.23. The second-order valence-electron chi connectivity index (χ2n) is 5.60. The predicted molar refractivity (Wildman–Crippen MR) is 82.3 cm³/mol. The number of ether oxygens (including phenoxy) is 1. The van der Waals surface area contributed by atoms with Crippen molar-refractivity contribution in [1.29, 1.82) is 0 Å². The number of sulfone groups is 1. The molecule has 0 aliphatic carbocycles. The van der Waals surface area contributed by atoms with Crippen molar-refractivity contribution in [1.82, 2.24) is 0 Å². The fourth-order valence-corrected chi connectivity index (χ4v) is 3.75. The molecule has 0 saturated carbocycles. The van der Waals surface area contributed by atoms with Gasteiger partial charge in [-0.2, -0.15) is 0 Å². The first-order chi connectivity index (χ1) is 9.85. The Balaban J connectivity index is 1.92. The van der Waals surface area contributed by atoms with E-state index in [1.807, 2.05) is 26.0 Å². The number of nitrogens with one attached hydrogen (secondary N) is 1. The number of esters is 1. The molecule has 6 heteroatoms. The average molecular weight is 311 g/mol. The van der Waals surface area contributed by atoms with Crippen LogP contribution in [0.3, 0.4) is 0 Å². The highest BCUT2D eigenvalue weighted by Crippen LogP contribution is 2.18. The minimum Gasteiger partial charge on any atom is -0.459 e. The van der Waals surface area contributed by atoms with E-state index in [-0.39, 0.29) is 29.6 Å². The van der Waals surface area contributed by atoms with Gasteiger partial charge in [0.15, 0.2) is 0 Å². The van der Waals surface area contributed by atoms with Crippen LogP contribution in [0.5, 0.6) is 0 Å². The van der Waals surface area contributed by atoms with Crippen LogP contribution in [0.15, 0.2) is 24.3 Å². The van der Waals surface area contributed by atoms with Gasteiger partial charge in [-0.25, -0.2) is 13.2 Å². The standard InChI is InChI=1S/C15H21NO4S/c1-11(2)20-15(17)12-3-5-13(6-4-12)16-14-7-9-21(18,19)10-8-14/h3-6,11,14,16H,7-10H2,1-2H3. The molecule has 0 bridgehead atoms. The summed E-state index contributed by atoms with van der Waals surface area (Å²) in [6.45, 7) is 3.62. The number of hydrogen-bond donors (Lipinski definition) is 1. The fraction of sp³-hybridized carbons (Fsp3) is 0.533. The summed E-state index contributed by atoms with van der Waals surface area (Å²) in [5.74, 6) is 0.146. The fourth-order valence-electron chi connectivity index (χ4n) is 2.25. The van der Waals surface area contributed by atoms with Crippen LogP contribution in [0.2, 0.25) is 0 Å². The van der Waals surface area contributed by atoms with Crippen molar-refractivity contribution in [2.75, 3.05) is 16.8 Å². The van der Waals surface area contributed by atoms with E-state index in [0.29, 0.717) is 18.4 Å². The molecule has 1 saturated heterocycles. The van der Waals surface area contributed by atoms with E-state index in [2.05, 4.69) is 5.32 Å². The van der Waals surface area contributed by atoms with E-state index in [0.717, 1.165) is 5.69 Å². The molecular formula is C15H21NO4S. The number of benzene rings is 1. The van der Waals surface area contributed by atoms with Gasteiger partial charge in [0.05, 0.1) is 23.2 Å². The lowest BCUT2D eigenvalue weighted by atomic mass is 10.1. The normalized spacial score (nSPS) is 18.4. The summed E-state index contributed by atoms with van der Waals surface area (Å²) >= 11 is 0. The summed E-state index contributed by atoms with van der Waals surface area (Å²) in [5, 5.41) is 3.31. The predicted octanol–water partition coefficient (Wildman–Crippen LogP) is 2.24. The molecule has 116 valence electrons. The van der Waals surface area contributed by atoms with Crippen LogP contribution in [-0.2, 0) is 14.6 Å². The summed E-state index contributed by atoms with van der Waals surface area (Å²) in [6, 6.07) is 7.24. The van der Waals surface area contributed by atoms with Crippen LogP contribution in [0, 0.1) is 0 Å². The lowest BCUT2D eigenvalue weighted by Gasteiger charge is -2.24. The molecule has 1 aliphatic heterocycles. The van der Waals surface area contributed by atoms with Gasteiger partial charge in [0.25, 0.3) is 0 Å². The summed E-state index contributed by atoms with van der Waals surface area (Å²) in [6.07, 6.45) is 1.11. The Morgan fingerprint density at radius 1 is 1.19 bits per heavy atom. The van der Waals surface area contributed by atoms with E-state index in [4.69, 9.17) is 4.74 Å². The Morgan fingerprint density at radius 3 is 2.29 bits per heavy atom. The van der Waals surface area contributed by atoms with E-state index in [9.17, 15) is 13.2 Å². The van der Waals surface area contributed by atoms with Gasteiger partial charge in [-0.15, -0.1) is 0 Å². The molecule has 0 aromatic heterocycles. The van der Waals surface area contributed by atoms with Crippen LogP contribution in [0.4, 0.5) is 5.69 Å². The maximum atomic E-state index is 11.7. The molecule has 0 radical (unpaired) electrons. The summed E-state index contributed by atoms with van der Waals surface area (Å²) < 4.78 is 27.9.